The summed E-state index contributed by atoms with van der Waals surface area (Å²) in [5.74, 6) is 0.493. The highest BCUT2D eigenvalue weighted by Gasteiger charge is 2.20. The number of nitrogens with one attached hydrogen (secondary N) is 1. The second-order valence-corrected chi connectivity index (χ2v) is 10.9. The molecule has 39 heavy (non-hydrogen) atoms. The minimum atomic E-state index is -3.91. The van der Waals surface area contributed by atoms with E-state index in [1.54, 1.807) is 29.7 Å². The molecular formula is C26H23N3O8S2. The summed E-state index contributed by atoms with van der Waals surface area (Å²) in [5.41, 5.74) is 0.970. The molecule has 0 fully saturated rings. The number of carbonyl (C=O) groups excluding carboxylic acids is 2. The zero-order valence-electron chi connectivity index (χ0n) is 20.9. The number of sulfonamides is 1. The molecule has 1 aliphatic rings. The van der Waals surface area contributed by atoms with Gasteiger partial charge in [0.15, 0.2) is 16.3 Å². The number of methoxy groups -OCH3 is 1. The van der Waals surface area contributed by atoms with Crippen LogP contribution in [0.15, 0.2) is 70.6 Å². The van der Waals surface area contributed by atoms with Crippen molar-refractivity contribution in [1.29, 1.82) is 0 Å². The molecule has 1 aliphatic heterocycles. The maximum Gasteiger partial charge on any atom is 0.326 e. The average molecular weight is 570 g/mol. The van der Waals surface area contributed by atoms with Crippen LogP contribution >= 0.6 is 11.3 Å². The molecule has 0 bridgehead atoms. The van der Waals surface area contributed by atoms with E-state index in [0.29, 0.717) is 22.8 Å². The average Bonchev–Trinajstić information content (AvgIpc) is 3.51. The van der Waals surface area contributed by atoms with Crippen LogP contribution in [0.2, 0.25) is 0 Å². The first-order chi connectivity index (χ1) is 18.8. The second kappa shape index (κ2) is 10.8. The number of ether oxygens (including phenoxy) is 4. The SMILES string of the molecule is CCOC(=O)Cn1c(=NC(=O)c2cccc(NS(=O)(=O)c3ccc(OC)cc3)c2)sc2cc3c(cc21)OCO3. The van der Waals surface area contributed by atoms with Gasteiger partial charge >= 0.3 is 5.97 Å². The number of thiazole rings is 1. The van der Waals surface area contributed by atoms with Crippen molar-refractivity contribution < 1.29 is 37.0 Å². The van der Waals surface area contributed by atoms with E-state index in [-0.39, 0.29) is 40.9 Å². The Hall–Kier alpha value is -4.36. The van der Waals surface area contributed by atoms with Gasteiger partial charge in [-0.1, -0.05) is 17.4 Å². The first-order valence-electron chi connectivity index (χ1n) is 11.7. The van der Waals surface area contributed by atoms with Crippen molar-refractivity contribution in [3.05, 3.63) is 71.0 Å². The van der Waals surface area contributed by atoms with Crippen LogP contribution in [0.1, 0.15) is 17.3 Å². The molecule has 0 atom stereocenters. The first kappa shape index (κ1) is 26.3. The van der Waals surface area contributed by atoms with Crippen LogP contribution in [-0.2, 0) is 26.1 Å². The Bertz CT molecular complexity index is 1740. The van der Waals surface area contributed by atoms with Crippen LogP contribution in [0.3, 0.4) is 0 Å². The van der Waals surface area contributed by atoms with Gasteiger partial charge in [-0.2, -0.15) is 4.99 Å². The van der Waals surface area contributed by atoms with Crippen LogP contribution in [0.5, 0.6) is 17.2 Å². The summed E-state index contributed by atoms with van der Waals surface area (Å²) in [4.78, 5) is 30.1. The Morgan fingerprint density at radius 3 is 2.54 bits per heavy atom. The van der Waals surface area contributed by atoms with E-state index in [0.717, 1.165) is 4.70 Å². The molecule has 4 aromatic rings. The number of carbonyl (C=O) groups is 2. The highest BCUT2D eigenvalue weighted by molar-refractivity contribution is 7.92. The van der Waals surface area contributed by atoms with Crippen LogP contribution in [-0.4, -0.2) is 45.4 Å². The van der Waals surface area contributed by atoms with Gasteiger partial charge in [-0.15, -0.1) is 0 Å². The molecule has 5 rings (SSSR count). The van der Waals surface area contributed by atoms with Crippen molar-refractivity contribution in [2.45, 2.75) is 18.4 Å². The van der Waals surface area contributed by atoms with Crippen molar-refractivity contribution in [3.63, 3.8) is 0 Å². The number of benzene rings is 3. The van der Waals surface area contributed by atoms with Gasteiger partial charge in [0, 0.05) is 23.4 Å². The summed E-state index contributed by atoms with van der Waals surface area (Å²) < 4.78 is 51.5. The molecule has 11 nitrogen and oxygen atoms in total. The molecule has 1 N–H and O–H groups in total. The number of amides is 1. The lowest BCUT2D eigenvalue weighted by Gasteiger charge is -2.09. The zero-order chi connectivity index (χ0) is 27.6. The van der Waals surface area contributed by atoms with Crippen molar-refractivity contribution in [2.24, 2.45) is 4.99 Å². The quantitative estimate of drug-likeness (QED) is 0.319. The van der Waals surface area contributed by atoms with Gasteiger partial charge in [-0.05, 0) is 49.4 Å². The van der Waals surface area contributed by atoms with Crippen LogP contribution in [0, 0.1) is 0 Å². The van der Waals surface area contributed by atoms with Crippen molar-refractivity contribution >= 4 is 49.1 Å². The number of aromatic nitrogens is 1. The molecule has 0 unspecified atom stereocenters. The topological polar surface area (TPSA) is 135 Å². The maximum absolute atomic E-state index is 13.2. The lowest BCUT2D eigenvalue weighted by molar-refractivity contribution is -0.143. The van der Waals surface area contributed by atoms with Crippen molar-refractivity contribution in [1.82, 2.24) is 4.57 Å². The van der Waals surface area contributed by atoms with Gasteiger partial charge in [0.2, 0.25) is 6.79 Å². The van der Waals surface area contributed by atoms with Gasteiger partial charge in [-0.25, -0.2) is 8.42 Å². The number of hydrogen-bond donors (Lipinski definition) is 1. The molecule has 2 heterocycles. The van der Waals surface area contributed by atoms with E-state index in [4.69, 9.17) is 18.9 Å². The fraction of sp³-hybridized carbons (Fsp3) is 0.192. The molecule has 202 valence electrons. The minimum Gasteiger partial charge on any atom is -0.497 e. The van der Waals surface area contributed by atoms with E-state index >= 15 is 0 Å². The second-order valence-electron chi connectivity index (χ2n) is 8.23. The van der Waals surface area contributed by atoms with Crippen LogP contribution < -0.4 is 23.7 Å². The Labute approximate surface area is 227 Å². The van der Waals surface area contributed by atoms with Crippen molar-refractivity contribution in [3.8, 4) is 17.2 Å². The molecule has 1 aromatic heterocycles. The number of rotatable bonds is 8. The minimum absolute atomic E-state index is 0.0369. The van der Waals surface area contributed by atoms with Crippen LogP contribution in [0.25, 0.3) is 10.2 Å². The summed E-state index contributed by atoms with van der Waals surface area (Å²) in [7, 11) is -2.43. The number of fused-ring (bicyclic) bond motifs is 2. The number of esters is 1. The molecule has 3 aromatic carbocycles. The van der Waals surface area contributed by atoms with Crippen molar-refractivity contribution in [2.75, 3.05) is 25.2 Å². The van der Waals surface area contributed by atoms with E-state index in [9.17, 15) is 18.0 Å². The molecule has 0 aliphatic carbocycles. The fourth-order valence-corrected chi connectivity index (χ4v) is 5.96. The molecule has 0 saturated carbocycles. The molecule has 0 spiro atoms. The normalized spacial score (nSPS) is 12.9. The Morgan fingerprint density at radius 1 is 1.08 bits per heavy atom. The molecule has 13 heteroatoms. The molecular weight excluding hydrogens is 546 g/mol. The number of anilines is 1. The van der Waals surface area contributed by atoms with Gasteiger partial charge in [0.05, 0.1) is 28.8 Å². The third-order valence-corrected chi connectivity index (χ3v) is 8.14. The smallest absolute Gasteiger partial charge is 0.326 e. The number of hydrogen-bond acceptors (Lipinski definition) is 9. The Morgan fingerprint density at radius 2 is 1.82 bits per heavy atom. The standard InChI is InChI=1S/C26H23N3O8S2/c1-3-35-24(30)14-29-20-12-21-22(37-15-36-21)13-23(20)38-26(29)27-25(31)16-5-4-6-17(11-16)28-39(32,33)19-9-7-18(34-2)8-10-19/h4-13,28H,3,14-15H2,1-2H3. The fourth-order valence-electron chi connectivity index (χ4n) is 3.87. The zero-order valence-corrected chi connectivity index (χ0v) is 22.5. The van der Waals surface area contributed by atoms with Crippen LogP contribution in [0.4, 0.5) is 5.69 Å². The summed E-state index contributed by atoms with van der Waals surface area (Å²) in [6, 6.07) is 15.4. The van der Waals surface area contributed by atoms with Gasteiger partial charge in [0.25, 0.3) is 15.9 Å². The summed E-state index contributed by atoms with van der Waals surface area (Å²) in [6.07, 6.45) is 0. The maximum atomic E-state index is 13.2. The lowest BCUT2D eigenvalue weighted by Crippen LogP contribution is -2.23. The lowest BCUT2D eigenvalue weighted by atomic mass is 10.2. The number of nitrogens with zero attached hydrogens (tertiary/aromatic N) is 2. The van der Waals surface area contributed by atoms with Gasteiger partial charge in [0.1, 0.15) is 12.3 Å². The molecule has 0 saturated heterocycles. The predicted molar refractivity (Wildman–Crippen MR) is 143 cm³/mol. The Kier molecular flexibility index (Phi) is 7.26. The molecule has 0 radical (unpaired) electrons. The van der Waals surface area contributed by atoms with Gasteiger partial charge in [-0.3, -0.25) is 14.3 Å². The highest BCUT2D eigenvalue weighted by atomic mass is 32.2. The Balaban J connectivity index is 1.47. The van der Waals surface area contributed by atoms with E-state index in [1.807, 2.05) is 0 Å². The van der Waals surface area contributed by atoms with E-state index < -0.39 is 21.9 Å². The van der Waals surface area contributed by atoms with E-state index in [1.165, 1.54) is 60.9 Å². The largest absolute Gasteiger partial charge is 0.497 e. The highest BCUT2D eigenvalue weighted by Crippen LogP contribution is 2.37. The summed E-state index contributed by atoms with van der Waals surface area (Å²) in [5, 5.41) is 0. The first-order valence-corrected chi connectivity index (χ1v) is 14.0. The van der Waals surface area contributed by atoms with Gasteiger partial charge < -0.3 is 23.5 Å². The third kappa shape index (κ3) is 5.59. The third-order valence-electron chi connectivity index (χ3n) is 5.70. The summed E-state index contributed by atoms with van der Waals surface area (Å²) in [6.45, 7) is 1.84. The predicted octanol–water partition coefficient (Wildman–Crippen LogP) is 3.55. The monoisotopic (exact) mass is 569 g/mol. The van der Waals surface area contributed by atoms with E-state index in [2.05, 4.69) is 9.71 Å². The molecule has 1 amide bonds. The summed E-state index contributed by atoms with van der Waals surface area (Å²) >= 11 is 1.20.